The molecular weight excluding hydrogens is 166 g/mol. The lowest BCUT2D eigenvalue weighted by molar-refractivity contribution is 0.985. The standard InChI is InChI=1S/C6H8ClN3O/c1-2-8-4-3-9-10-6(11)5(4)7/h3H,2H2,1H3,(H2,8,10,11). The molecule has 0 aromatic carbocycles. The molecular formula is C6H8ClN3O. The van der Waals surface area contributed by atoms with Crippen LogP contribution in [-0.4, -0.2) is 16.7 Å². The van der Waals surface area contributed by atoms with Gasteiger partial charge < -0.3 is 5.32 Å². The number of anilines is 1. The van der Waals surface area contributed by atoms with Gasteiger partial charge in [0.25, 0.3) is 5.56 Å². The van der Waals surface area contributed by atoms with Gasteiger partial charge in [-0.1, -0.05) is 11.6 Å². The molecule has 0 spiro atoms. The fraction of sp³-hybridized carbons (Fsp3) is 0.333. The molecule has 5 heteroatoms. The van der Waals surface area contributed by atoms with Crippen LogP contribution < -0.4 is 10.9 Å². The highest BCUT2D eigenvalue weighted by Crippen LogP contribution is 2.13. The molecule has 1 rings (SSSR count). The van der Waals surface area contributed by atoms with Crippen LogP contribution in [0.5, 0.6) is 0 Å². The summed E-state index contributed by atoms with van der Waals surface area (Å²) in [6, 6.07) is 0. The van der Waals surface area contributed by atoms with Crippen LogP contribution in [-0.2, 0) is 0 Å². The summed E-state index contributed by atoms with van der Waals surface area (Å²) in [6.07, 6.45) is 1.48. The summed E-state index contributed by atoms with van der Waals surface area (Å²) in [7, 11) is 0. The minimum atomic E-state index is -0.370. The van der Waals surface area contributed by atoms with E-state index in [-0.39, 0.29) is 10.6 Å². The number of nitrogens with zero attached hydrogens (tertiary/aromatic N) is 1. The lowest BCUT2D eigenvalue weighted by atomic mass is 10.4. The number of aromatic nitrogens is 2. The Balaban J connectivity index is 3.06. The van der Waals surface area contributed by atoms with Crippen LogP contribution in [0.15, 0.2) is 11.0 Å². The minimum absolute atomic E-state index is 0.154. The fourth-order valence-corrected chi connectivity index (χ4v) is 0.855. The molecule has 0 saturated carbocycles. The van der Waals surface area contributed by atoms with Crippen LogP contribution in [0, 0.1) is 0 Å². The Bertz CT molecular complexity index is 296. The first-order chi connectivity index (χ1) is 5.25. The van der Waals surface area contributed by atoms with Crippen molar-refractivity contribution in [2.45, 2.75) is 6.92 Å². The van der Waals surface area contributed by atoms with Crippen LogP contribution >= 0.6 is 11.6 Å². The molecule has 1 aromatic heterocycles. The van der Waals surface area contributed by atoms with E-state index in [1.807, 2.05) is 6.92 Å². The third-order valence-corrected chi connectivity index (χ3v) is 1.54. The molecule has 0 unspecified atom stereocenters. The van der Waals surface area contributed by atoms with Crippen molar-refractivity contribution in [3.05, 3.63) is 21.6 Å². The Morgan fingerprint density at radius 1 is 1.82 bits per heavy atom. The van der Waals surface area contributed by atoms with E-state index >= 15 is 0 Å². The Morgan fingerprint density at radius 2 is 2.55 bits per heavy atom. The smallest absolute Gasteiger partial charge is 0.285 e. The zero-order valence-electron chi connectivity index (χ0n) is 6.02. The molecule has 0 atom stereocenters. The predicted molar refractivity (Wildman–Crippen MR) is 44.0 cm³/mol. The zero-order valence-corrected chi connectivity index (χ0v) is 6.77. The lowest BCUT2D eigenvalue weighted by Gasteiger charge is -2.01. The Morgan fingerprint density at radius 3 is 3.18 bits per heavy atom. The second-order valence-electron chi connectivity index (χ2n) is 1.96. The molecule has 0 saturated heterocycles. The topological polar surface area (TPSA) is 57.8 Å². The van der Waals surface area contributed by atoms with Gasteiger partial charge in [0.05, 0.1) is 11.9 Å². The Kier molecular flexibility index (Phi) is 2.48. The molecule has 0 radical (unpaired) electrons. The highest BCUT2D eigenvalue weighted by Gasteiger charge is 2.01. The van der Waals surface area contributed by atoms with E-state index in [2.05, 4.69) is 15.5 Å². The fourth-order valence-electron chi connectivity index (χ4n) is 0.697. The summed E-state index contributed by atoms with van der Waals surface area (Å²) >= 11 is 5.63. The number of aromatic amines is 1. The molecule has 0 fully saturated rings. The molecule has 11 heavy (non-hydrogen) atoms. The van der Waals surface area contributed by atoms with Crippen LogP contribution in [0.4, 0.5) is 5.69 Å². The van der Waals surface area contributed by atoms with Gasteiger partial charge in [0, 0.05) is 6.54 Å². The highest BCUT2D eigenvalue weighted by atomic mass is 35.5. The maximum Gasteiger partial charge on any atom is 0.285 e. The van der Waals surface area contributed by atoms with Gasteiger partial charge >= 0.3 is 0 Å². The van der Waals surface area contributed by atoms with Crippen molar-refractivity contribution in [3.8, 4) is 0 Å². The third-order valence-electron chi connectivity index (χ3n) is 1.16. The minimum Gasteiger partial charge on any atom is -0.383 e. The summed E-state index contributed by atoms with van der Waals surface area (Å²) < 4.78 is 0. The number of rotatable bonds is 2. The molecule has 4 nitrogen and oxygen atoms in total. The number of hydrogen-bond acceptors (Lipinski definition) is 3. The normalized spacial score (nSPS) is 9.64. The van der Waals surface area contributed by atoms with E-state index in [1.165, 1.54) is 6.20 Å². The maximum absolute atomic E-state index is 10.8. The van der Waals surface area contributed by atoms with Gasteiger partial charge in [-0.2, -0.15) is 5.10 Å². The Labute approximate surface area is 68.6 Å². The lowest BCUT2D eigenvalue weighted by Crippen LogP contribution is -2.11. The molecule has 60 valence electrons. The average Bonchev–Trinajstić information content (AvgIpc) is 1.99. The quantitative estimate of drug-likeness (QED) is 0.698. The largest absolute Gasteiger partial charge is 0.383 e. The maximum atomic E-state index is 10.8. The average molecular weight is 174 g/mol. The molecule has 1 aromatic rings. The van der Waals surface area contributed by atoms with Crippen molar-refractivity contribution in [1.29, 1.82) is 0 Å². The van der Waals surface area contributed by atoms with Crippen LogP contribution in [0.3, 0.4) is 0 Å². The second-order valence-corrected chi connectivity index (χ2v) is 2.34. The molecule has 0 amide bonds. The molecule has 0 bridgehead atoms. The zero-order chi connectivity index (χ0) is 8.27. The predicted octanol–water partition coefficient (Wildman–Crippen LogP) is 0.855. The van der Waals surface area contributed by atoms with Crippen molar-refractivity contribution in [2.75, 3.05) is 11.9 Å². The number of H-pyrrole nitrogens is 1. The van der Waals surface area contributed by atoms with Crippen molar-refractivity contribution in [3.63, 3.8) is 0 Å². The van der Waals surface area contributed by atoms with Crippen molar-refractivity contribution in [1.82, 2.24) is 10.2 Å². The summed E-state index contributed by atoms with van der Waals surface area (Å²) in [5.74, 6) is 0. The van der Waals surface area contributed by atoms with E-state index in [0.29, 0.717) is 12.2 Å². The van der Waals surface area contributed by atoms with Gasteiger partial charge in [-0.3, -0.25) is 4.79 Å². The molecule has 0 aliphatic rings. The van der Waals surface area contributed by atoms with Gasteiger partial charge in [-0.25, -0.2) is 5.10 Å². The van der Waals surface area contributed by atoms with Crippen molar-refractivity contribution >= 4 is 17.3 Å². The summed E-state index contributed by atoms with van der Waals surface area (Å²) in [4.78, 5) is 10.8. The number of hydrogen-bond donors (Lipinski definition) is 2. The summed E-state index contributed by atoms with van der Waals surface area (Å²) in [6.45, 7) is 2.63. The van der Waals surface area contributed by atoms with E-state index < -0.39 is 0 Å². The van der Waals surface area contributed by atoms with E-state index in [4.69, 9.17) is 11.6 Å². The molecule has 2 N–H and O–H groups in total. The number of halogens is 1. The summed E-state index contributed by atoms with van der Waals surface area (Å²) in [5.41, 5.74) is 0.197. The van der Waals surface area contributed by atoms with Crippen molar-refractivity contribution in [2.24, 2.45) is 0 Å². The van der Waals surface area contributed by atoms with Gasteiger partial charge in [-0.05, 0) is 6.92 Å². The third kappa shape index (κ3) is 1.71. The van der Waals surface area contributed by atoms with Gasteiger partial charge in [0.15, 0.2) is 0 Å². The van der Waals surface area contributed by atoms with Crippen molar-refractivity contribution < 1.29 is 0 Å². The first-order valence-corrected chi connectivity index (χ1v) is 3.60. The molecule has 0 aliphatic heterocycles. The van der Waals surface area contributed by atoms with Gasteiger partial charge in [-0.15, -0.1) is 0 Å². The molecule has 1 heterocycles. The first-order valence-electron chi connectivity index (χ1n) is 3.22. The van der Waals surface area contributed by atoms with Crippen LogP contribution in [0.2, 0.25) is 5.02 Å². The number of nitrogens with one attached hydrogen (secondary N) is 2. The first kappa shape index (κ1) is 8.07. The SMILES string of the molecule is CCNc1cn[nH]c(=O)c1Cl. The Hall–Kier alpha value is -1.03. The molecule has 0 aliphatic carbocycles. The van der Waals surface area contributed by atoms with Crippen LogP contribution in [0.25, 0.3) is 0 Å². The van der Waals surface area contributed by atoms with Gasteiger partial charge in [0.2, 0.25) is 0 Å². The monoisotopic (exact) mass is 173 g/mol. The van der Waals surface area contributed by atoms with E-state index in [9.17, 15) is 4.79 Å². The van der Waals surface area contributed by atoms with E-state index in [1.54, 1.807) is 0 Å². The second kappa shape index (κ2) is 3.39. The van der Waals surface area contributed by atoms with Gasteiger partial charge in [0.1, 0.15) is 5.02 Å². The summed E-state index contributed by atoms with van der Waals surface area (Å²) in [5, 5.41) is 8.86. The highest BCUT2D eigenvalue weighted by molar-refractivity contribution is 6.32. The van der Waals surface area contributed by atoms with Crippen LogP contribution in [0.1, 0.15) is 6.92 Å². The van der Waals surface area contributed by atoms with E-state index in [0.717, 1.165) is 0 Å².